The van der Waals surface area contributed by atoms with Crippen molar-refractivity contribution in [2.45, 2.75) is 38.0 Å². The van der Waals surface area contributed by atoms with E-state index < -0.39 is 9.28 Å². The SMILES string of the molecule is CCC(OCC1CO1)C(C)[SiH](OC)OC. The highest BCUT2D eigenvalue weighted by molar-refractivity contribution is 6.46. The van der Waals surface area contributed by atoms with Crippen LogP contribution in [-0.4, -0.2) is 48.9 Å². The van der Waals surface area contributed by atoms with Crippen LogP contribution in [-0.2, 0) is 18.3 Å². The minimum absolute atomic E-state index is 0.228. The fourth-order valence-electron chi connectivity index (χ4n) is 1.74. The standard InChI is InChI=1S/C10H22O4Si/c1-5-10(14-7-9-6-13-9)8(2)15(11-3)12-4/h8-10,15H,5-7H2,1-4H3. The summed E-state index contributed by atoms with van der Waals surface area (Å²) in [6.45, 7) is 5.83. The van der Waals surface area contributed by atoms with Gasteiger partial charge >= 0.3 is 9.28 Å². The van der Waals surface area contributed by atoms with Gasteiger partial charge in [0.05, 0.1) is 19.3 Å². The minimum Gasteiger partial charge on any atom is -0.400 e. The second-order valence-corrected chi connectivity index (χ2v) is 6.67. The monoisotopic (exact) mass is 234 g/mol. The number of hydrogen-bond acceptors (Lipinski definition) is 4. The third-order valence-corrected chi connectivity index (χ3v) is 5.00. The van der Waals surface area contributed by atoms with Crippen LogP contribution >= 0.6 is 0 Å². The predicted octanol–water partition coefficient (Wildman–Crippen LogP) is 1.08. The van der Waals surface area contributed by atoms with Crippen LogP contribution in [0.1, 0.15) is 20.3 Å². The molecule has 1 heterocycles. The maximum Gasteiger partial charge on any atom is 0.326 e. The molecule has 0 radical (unpaired) electrons. The first kappa shape index (κ1) is 13.1. The van der Waals surface area contributed by atoms with Crippen molar-refractivity contribution < 1.29 is 18.3 Å². The molecule has 3 atom stereocenters. The lowest BCUT2D eigenvalue weighted by Gasteiger charge is -2.26. The van der Waals surface area contributed by atoms with E-state index in [9.17, 15) is 0 Å². The first-order valence-electron chi connectivity index (χ1n) is 5.51. The first-order chi connectivity index (χ1) is 7.22. The van der Waals surface area contributed by atoms with Crippen molar-refractivity contribution in [3.05, 3.63) is 0 Å². The quantitative estimate of drug-likeness (QED) is 0.465. The molecule has 1 aliphatic heterocycles. The second-order valence-electron chi connectivity index (χ2n) is 3.93. The first-order valence-corrected chi connectivity index (χ1v) is 7.12. The predicted molar refractivity (Wildman–Crippen MR) is 60.4 cm³/mol. The van der Waals surface area contributed by atoms with E-state index in [0.29, 0.717) is 18.3 Å². The summed E-state index contributed by atoms with van der Waals surface area (Å²) in [5, 5.41) is 0. The third kappa shape index (κ3) is 4.20. The van der Waals surface area contributed by atoms with E-state index in [4.69, 9.17) is 18.3 Å². The van der Waals surface area contributed by atoms with Crippen LogP contribution < -0.4 is 0 Å². The zero-order valence-electron chi connectivity index (χ0n) is 10.1. The highest BCUT2D eigenvalue weighted by atomic mass is 28.3. The molecule has 0 saturated carbocycles. The molecule has 5 heteroatoms. The molecule has 0 aromatic carbocycles. The lowest BCUT2D eigenvalue weighted by molar-refractivity contribution is 0.0306. The molecule has 15 heavy (non-hydrogen) atoms. The topological polar surface area (TPSA) is 40.2 Å². The molecule has 1 rings (SSSR count). The van der Waals surface area contributed by atoms with Crippen molar-refractivity contribution >= 4 is 9.28 Å². The minimum atomic E-state index is -1.57. The Hall–Kier alpha value is 0.0569. The lowest BCUT2D eigenvalue weighted by Crippen LogP contribution is -2.34. The summed E-state index contributed by atoms with van der Waals surface area (Å²) in [7, 11) is 1.86. The summed E-state index contributed by atoms with van der Waals surface area (Å²) in [5.41, 5.74) is 0.365. The van der Waals surface area contributed by atoms with E-state index in [1.807, 2.05) is 0 Å². The normalized spacial score (nSPS) is 24.2. The van der Waals surface area contributed by atoms with Gasteiger partial charge in [-0.25, -0.2) is 0 Å². The summed E-state index contributed by atoms with van der Waals surface area (Å²) in [5.74, 6) is 0. The van der Waals surface area contributed by atoms with Gasteiger partial charge < -0.3 is 18.3 Å². The highest BCUT2D eigenvalue weighted by Crippen LogP contribution is 2.23. The van der Waals surface area contributed by atoms with Crippen LogP contribution in [0.3, 0.4) is 0 Å². The summed E-state index contributed by atoms with van der Waals surface area (Å²) >= 11 is 0. The number of rotatable bonds is 8. The molecule has 0 spiro atoms. The van der Waals surface area contributed by atoms with Crippen molar-refractivity contribution in [1.29, 1.82) is 0 Å². The Morgan fingerprint density at radius 2 is 2.00 bits per heavy atom. The Bertz CT molecular complexity index is 171. The molecule has 0 bridgehead atoms. The number of ether oxygens (including phenoxy) is 2. The summed E-state index contributed by atoms with van der Waals surface area (Å²) in [4.78, 5) is 0. The van der Waals surface area contributed by atoms with Gasteiger partial charge in [0.1, 0.15) is 6.10 Å². The van der Waals surface area contributed by atoms with Crippen molar-refractivity contribution in [2.24, 2.45) is 0 Å². The highest BCUT2D eigenvalue weighted by Gasteiger charge is 2.30. The maximum absolute atomic E-state index is 5.81. The zero-order valence-corrected chi connectivity index (χ0v) is 11.2. The summed E-state index contributed by atoms with van der Waals surface area (Å²) < 4.78 is 21.7. The van der Waals surface area contributed by atoms with E-state index in [2.05, 4.69) is 13.8 Å². The van der Waals surface area contributed by atoms with Crippen molar-refractivity contribution in [1.82, 2.24) is 0 Å². The Morgan fingerprint density at radius 3 is 2.40 bits per heavy atom. The van der Waals surface area contributed by atoms with Crippen LogP contribution in [0.4, 0.5) is 0 Å². The molecule has 0 aromatic heterocycles. The molecular weight excluding hydrogens is 212 g/mol. The summed E-state index contributed by atoms with van der Waals surface area (Å²) in [6, 6.07) is 0. The van der Waals surface area contributed by atoms with Crippen LogP contribution in [0.5, 0.6) is 0 Å². The zero-order chi connectivity index (χ0) is 11.3. The molecule has 0 aromatic rings. The van der Waals surface area contributed by atoms with Gasteiger partial charge in [0.15, 0.2) is 0 Å². The smallest absolute Gasteiger partial charge is 0.326 e. The Kier molecular flexibility index (Phi) is 5.77. The van der Waals surface area contributed by atoms with Gasteiger partial charge in [-0.15, -0.1) is 0 Å². The fraction of sp³-hybridized carbons (Fsp3) is 1.00. The maximum atomic E-state index is 5.81. The largest absolute Gasteiger partial charge is 0.400 e. The second kappa shape index (κ2) is 6.60. The number of hydrogen-bond donors (Lipinski definition) is 0. The number of epoxide rings is 1. The van der Waals surface area contributed by atoms with Gasteiger partial charge in [-0.1, -0.05) is 13.8 Å². The van der Waals surface area contributed by atoms with Gasteiger partial charge in [0.25, 0.3) is 0 Å². The van der Waals surface area contributed by atoms with Gasteiger partial charge in [-0.3, -0.25) is 0 Å². The molecule has 1 saturated heterocycles. The molecule has 4 nitrogen and oxygen atoms in total. The van der Waals surface area contributed by atoms with Gasteiger partial charge in [-0.2, -0.15) is 0 Å². The molecule has 3 unspecified atom stereocenters. The van der Waals surface area contributed by atoms with E-state index >= 15 is 0 Å². The molecule has 1 aliphatic rings. The van der Waals surface area contributed by atoms with Gasteiger partial charge in [-0.05, 0) is 6.42 Å². The molecule has 90 valence electrons. The van der Waals surface area contributed by atoms with Crippen LogP contribution in [0.15, 0.2) is 0 Å². The summed E-state index contributed by atoms with van der Waals surface area (Å²) in [6.07, 6.45) is 1.55. The molecule has 0 N–H and O–H groups in total. The van der Waals surface area contributed by atoms with Gasteiger partial charge in [0.2, 0.25) is 0 Å². The third-order valence-electron chi connectivity index (χ3n) is 2.78. The fourth-order valence-corrected chi connectivity index (χ4v) is 3.52. The molecular formula is C10H22O4Si. The van der Waals surface area contributed by atoms with Crippen LogP contribution in [0.2, 0.25) is 5.54 Å². The van der Waals surface area contributed by atoms with Crippen LogP contribution in [0.25, 0.3) is 0 Å². The molecule has 0 amide bonds. The molecule has 1 fully saturated rings. The molecule has 0 aliphatic carbocycles. The Labute approximate surface area is 93.7 Å². The van der Waals surface area contributed by atoms with E-state index in [1.54, 1.807) is 14.2 Å². The lowest BCUT2D eigenvalue weighted by atomic mass is 10.2. The Morgan fingerprint density at radius 1 is 1.40 bits per heavy atom. The average molecular weight is 234 g/mol. The van der Waals surface area contributed by atoms with Crippen molar-refractivity contribution in [2.75, 3.05) is 27.4 Å². The van der Waals surface area contributed by atoms with E-state index in [1.165, 1.54) is 0 Å². The average Bonchev–Trinajstić information content (AvgIpc) is 3.04. The van der Waals surface area contributed by atoms with Crippen molar-refractivity contribution in [3.63, 3.8) is 0 Å². The Balaban J connectivity index is 2.32. The van der Waals surface area contributed by atoms with Gasteiger partial charge in [0, 0.05) is 19.8 Å². The van der Waals surface area contributed by atoms with E-state index in [-0.39, 0.29) is 6.10 Å². The van der Waals surface area contributed by atoms with Crippen LogP contribution in [0, 0.1) is 0 Å². The van der Waals surface area contributed by atoms with E-state index in [0.717, 1.165) is 13.0 Å². The van der Waals surface area contributed by atoms with Crippen molar-refractivity contribution in [3.8, 4) is 0 Å².